The van der Waals surface area contributed by atoms with E-state index in [1.807, 2.05) is 30.3 Å². The molecule has 0 unspecified atom stereocenters. The molecule has 1 amide bonds. The highest BCUT2D eigenvalue weighted by molar-refractivity contribution is 5.82. The van der Waals surface area contributed by atoms with Crippen LogP contribution in [0.4, 0.5) is 5.69 Å². The smallest absolute Gasteiger partial charge is 0.257 e. The number of hydrogen-bond acceptors (Lipinski definition) is 3. The minimum Gasteiger partial charge on any atom is -0.271 e. The molecule has 4 nitrogen and oxygen atoms in total. The van der Waals surface area contributed by atoms with Gasteiger partial charge in [-0.05, 0) is 12.1 Å². The number of hydrogen-bond donors (Lipinski definition) is 1. The summed E-state index contributed by atoms with van der Waals surface area (Å²) in [5.74, 6) is 0.0730. The average molecular weight is 177 g/mol. The third-order valence-electron chi connectivity index (χ3n) is 2.04. The Bertz CT molecular complexity index is 312. The first-order chi connectivity index (χ1) is 6.29. The summed E-state index contributed by atoms with van der Waals surface area (Å²) in [6.07, 6.45) is 0. The highest BCUT2D eigenvalue weighted by Gasteiger charge is 2.24. The van der Waals surface area contributed by atoms with Crippen molar-refractivity contribution in [2.45, 2.75) is 0 Å². The van der Waals surface area contributed by atoms with Gasteiger partial charge in [-0.1, -0.05) is 18.2 Å². The lowest BCUT2D eigenvalue weighted by atomic mass is 10.3. The van der Waals surface area contributed by atoms with Crippen molar-refractivity contribution in [2.24, 2.45) is 0 Å². The Balaban J connectivity index is 2.24. The molecule has 1 aromatic rings. The molecule has 1 heterocycles. The normalized spacial score (nSPS) is 16.8. The molecule has 1 aliphatic rings. The zero-order chi connectivity index (χ0) is 9.26. The largest absolute Gasteiger partial charge is 0.271 e. The van der Waals surface area contributed by atoms with E-state index >= 15 is 0 Å². The summed E-state index contributed by atoms with van der Waals surface area (Å²) in [6.45, 7) is 0.366. The molecule has 0 radical (unpaired) electrons. The summed E-state index contributed by atoms with van der Waals surface area (Å²) in [6, 6.07) is 9.72. The van der Waals surface area contributed by atoms with E-state index in [9.17, 15) is 4.79 Å². The highest BCUT2D eigenvalue weighted by atomic mass is 16.2. The lowest BCUT2D eigenvalue weighted by Gasteiger charge is -2.24. The van der Waals surface area contributed by atoms with Gasteiger partial charge in [0, 0.05) is 7.05 Å². The van der Waals surface area contributed by atoms with Crippen LogP contribution in [0.25, 0.3) is 0 Å². The average Bonchev–Trinajstić information content (AvgIpc) is 2.49. The summed E-state index contributed by atoms with van der Waals surface area (Å²) in [5, 5.41) is 3.30. The van der Waals surface area contributed by atoms with Crippen LogP contribution < -0.4 is 10.5 Å². The third kappa shape index (κ3) is 1.36. The van der Waals surface area contributed by atoms with Gasteiger partial charge in [0.25, 0.3) is 5.91 Å². The zero-order valence-corrected chi connectivity index (χ0v) is 7.40. The maximum atomic E-state index is 11.2. The summed E-state index contributed by atoms with van der Waals surface area (Å²) in [5.41, 5.74) is 3.95. The number of hydrazine groups is 2. The van der Waals surface area contributed by atoms with Gasteiger partial charge >= 0.3 is 0 Å². The van der Waals surface area contributed by atoms with Crippen LogP contribution in [-0.4, -0.2) is 24.5 Å². The molecular formula is C9H11N3O. The van der Waals surface area contributed by atoms with Crippen LogP contribution in [-0.2, 0) is 4.79 Å². The van der Waals surface area contributed by atoms with Gasteiger partial charge < -0.3 is 0 Å². The molecule has 1 N–H and O–H groups in total. The van der Waals surface area contributed by atoms with E-state index in [1.165, 1.54) is 0 Å². The second kappa shape index (κ2) is 3.06. The van der Waals surface area contributed by atoms with Gasteiger partial charge in [-0.2, -0.15) is 0 Å². The Morgan fingerprint density at radius 2 is 2.00 bits per heavy atom. The van der Waals surface area contributed by atoms with Gasteiger partial charge in [0.2, 0.25) is 0 Å². The lowest BCUT2D eigenvalue weighted by molar-refractivity contribution is -0.125. The van der Waals surface area contributed by atoms with Crippen molar-refractivity contribution >= 4 is 11.6 Å². The Kier molecular flexibility index (Phi) is 1.90. The fourth-order valence-electron chi connectivity index (χ4n) is 1.31. The monoisotopic (exact) mass is 177 g/mol. The summed E-state index contributed by atoms with van der Waals surface area (Å²) in [4.78, 5) is 11.2. The molecule has 0 bridgehead atoms. The minimum absolute atomic E-state index is 0.0730. The van der Waals surface area contributed by atoms with E-state index in [0.717, 1.165) is 5.69 Å². The van der Waals surface area contributed by atoms with Crippen LogP contribution >= 0.6 is 0 Å². The third-order valence-corrected chi connectivity index (χ3v) is 2.04. The van der Waals surface area contributed by atoms with Gasteiger partial charge in [-0.3, -0.25) is 4.79 Å². The fraction of sp³-hybridized carbons (Fsp3) is 0.222. The molecule has 2 rings (SSSR count). The van der Waals surface area contributed by atoms with Crippen molar-refractivity contribution in [3.05, 3.63) is 30.3 Å². The van der Waals surface area contributed by atoms with Gasteiger partial charge in [0.15, 0.2) is 0 Å². The Hall–Kier alpha value is -1.55. The number of benzene rings is 1. The molecule has 1 saturated heterocycles. The molecule has 0 aromatic heterocycles. The summed E-state index contributed by atoms with van der Waals surface area (Å²) < 4.78 is 0. The molecule has 1 aromatic carbocycles. The van der Waals surface area contributed by atoms with Gasteiger partial charge in [0.05, 0.1) is 12.2 Å². The van der Waals surface area contributed by atoms with Gasteiger partial charge in [0.1, 0.15) is 0 Å². The fourth-order valence-corrected chi connectivity index (χ4v) is 1.31. The number of likely N-dealkylation sites (N-methyl/N-ethyl adjacent to an activating group) is 1. The first kappa shape index (κ1) is 8.07. The SMILES string of the molecule is CN1C(=O)CNN1c1ccccc1. The Morgan fingerprint density at radius 1 is 1.31 bits per heavy atom. The number of nitrogens with zero attached hydrogens (tertiary/aromatic N) is 2. The summed E-state index contributed by atoms with van der Waals surface area (Å²) >= 11 is 0. The van der Waals surface area contributed by atoms with Crippen molar-refractivity contribution in [1.29, 1.82) is 0 Å². The van der Waals surface area contributed by atoms with Crippen molar-refractivity contribution in [1.82, 2.24) is 10.4 Å². The predicted octanol–water partition coefficient (Wildman–Crippen LogP) is 0.385. The highest BCUT2D eigenvalue weighted by Crippen LogP contribution is 2.14. The molecule has 0 atom stereocenters. The molecule has 1 fully saturated rings. The molecule has 0 spiro atoms. The van der Waals surface area contributed by atoms with E-state index < -0.39 is 0 Å². The number of anilines is 1. The summed E-state index contributed by atoms with van der Waals surface area (Å²) in [7, 11) is 1.75. The molecule has 13 heavy (non-hydrogen) atoms. The minimum atomic E-state index is 0.0730. The van der Waals surface area contributed by atoms with Crippen LogP contribution in [0.5, 0.6) is 0 Å². The van der Waals surface area contributed by atoms with Crippen LogP contribution in [0.15, 0.2) is 30.3 Å². The van der Waals surface area contributed by atoms with Gasteiger partial charge in [-0.25, -0.2) is 15.6 Å². The van der Waals surface area contributed by atoms with E-state index in [1.54, 1.807) is 17.2 Å². The van der Waals surface area contributed by atoms with Crippen molar-refractivity contribution in [3.63, 3.8) is 0 Å². The van der Waals surface area contributed by atoms with Crippen LogP contribution in [0.3, 0.4) is 0 Å². The number of amides is 1. The van der Waals surface area contributed by atoms with Crippen LogP contribution in [0.1, 0.15) is 0 Å². The predicted molar refractivity (Wildman–Crippen MR) is 49.7 cm³/mol. The quantitative estimate of drug-likeness (QED) is 0.673. The molecular weight excluding hydrogens is 166 g/mol. The number of carbonyl (C=O) groups is 1. The topological polar surface area (TPSA) is 35.6 Å². The second-order valence-electron chi connectivity index (χ2n) is 2.90. The van der Waals surface area contributed by atoms with E-state index in [2.05, 4.69) is 5.43 Å². The van der Waals surface area contributed by atoms with Crippen molar-refractivity contribution < 1.29 is 4.79 Å². The standard InChI is InChI=1S/C9H11N3O/c1-11-9(13)7-10-12(11)8-5-3-2-4-6-8/h2-6,10H,7H2,1H3. The Morgan fingerprint density at radius 3 is 2.54 bits per heavy atom. The molecule has 0 aliphatic carbocycles. The van der Waals surface area contributed by atoms with Crippen molar-refractivity contribution in [2.75, 3.05) is 18.7 Å². The number of carbonyl (C=O) groups excluding carboxylic acids is 1. The lowest BCUT2D eigenvalue weighted by Crippen LogP contribution is -2.40. The van der Waals surface area contributed by atoms with E-state index in [-0.39, 0.29) is 5.91 Å². The number of para-hydroxylation sites is 1. The molecule has 4 heteroatoms. The second-order valence-corrected chi connectivity index (χ2v) is 2.90. The van der Waals surface area contributed by atoms with Crippen molar-refractivity contribution in [3.8, 4) is 0 Å². The van der Waals surface area contributed by atoms with Crippen LogP contribution in [0.2, 0.25) is 0 Å². The Labute approximate surface area is 76.7 Å². The zero-order valence-electron chi connectivity index (χ0n) is 7.40. The van der Waals surface area contributed by atoms with E-state index in [4.69, 9.17) is 0 Å². The van der Waals surface area contributed by atoms with Crippen LogP contribution in [0, 0.1) is 0 Å². The molecule has 1 aliphatic heterocycles. The molecule has 68 valence electrons. The maximum Gasteiger partial charge on any atom is 0.257 e. The first-order valence-corrected chi connectivity index (χ1v) is 4.14. The maximum absolute atomic E-state index is 11.2. The first-order valence-electron chi connectivity index (χ1n) is 4.14. The number of rotatable bonds is 1. The number of nitrogens with one attached hydrogen (secondary N) is 1. The molecule has 0 saturated carbocycles. The van der Waals surface area contributed by atoms with Gasteiger partial charge in [-0.15, -0.1) is 0 Å². The van der Waals surface area contributed by atoms with E-state index in [0.29, 0.717) is 6.54 Å².